The fraction of sp³-hybridized carbons (Fsp3) is 0.190. The van der Waals surface area contributed by atoms with Gasteiger partial charge < -0.3 is 15.2 Å². The first-order valence-corrected chi connectivity index (χ1v) is 9.83. The van der Waals surface area contributed by atoms with Crippen molar-refractivity contribution >= 4 is 23.2 Å². The van der Waals surface area contributed by atoms with Crippen molar-refractivity contribution in [1.82, 2.24) is 15.2 Å². The van der Waals surface area contributed by atoms with Crippen LogP contribution in [0.15, 0.2) is 65.0 Å². The first-order valence-electron chi connectivity index (χ1n) is 8.95. The average Bonchev–Trinajstić information content (AvgIpc) is 3.22. The summed E-state index contributed by atoms with van der Waals surface area (Å²) in [6, 6.07) is 13.4. The Labute approximate surface area is 166 Å². The lowest BCUT2D eigenvalue weighted by Crippen LogP contribution is -2.35. The second-order valence-electron chi connectivity index (χ2n) is 6.19. The minimum absolute atomic E-state index is 0.0402. The number of aromatic nitrogens is 1. The summed E-state index contributed by atoms with van der Waals surface area (Å²) in [6.07, 6.45) is 3.00. The Morgan fingerprint density at radius 3 is 2.25 bits per heavy atom. The van der Waals surface area contributed by atoms with E-state index < -0.39 is 17.2 Å². The molecule has 6 nitrogen and oxygen atoms in total. The predicted octanol–water partition coefficient (Wildman–Crippen LogP) is 2.64. The highest BCUT2D eigenvalue weighted by Gasteiger charge is 2.19. The molecule has 2 aromatic heterocycles. The largest absolute Gasteiger partial charge is 0.352 e. The molecular formula is C21H21N3O3S. The number of amides is 2. The Balaban J connectivity index is 1.93. The molecule has 0 atom stereocenters. The van der Waals surface area contributed by atoms with Crippen LogP contribution in [0, 0.1) is 0 Å². The zero-order valence-electron chi connectivity index (χ0n) is 15.5. The lowest BCUT2D eigenvalue weighted by Gasteiger charge is -2.12. The van der Waals surface area contributed by atoms with Crippen molar-refractivity contribution in [3.05, 3.63) is 92.0 Å². The van der Waals surface area contributed by atoms with Crippen LogP contribution >= 0.6 is 11.3 Å². The summed E-state index contributed by atoms with van der Waals surface area (Å²) in [4.78, 5) is 38.7. The van der Waals surface area contributed by atoms with Gasteiger partial charge >= 0.3 is 0 Å². The number of carbonyl (C=O) groups is 2. The number of hydrogen-bond donors (Lipinski definition) is 2. The Kier molecular flexibility index (Phi) is 6.39. The van der Waals surface area contributed by atoms with Crippen molar-refractivity contribution in [2.75, 3.05) is 6.54 Å². The highest BCUT2D eigenvalue weighted by atomic mass is 32.1. The van der Waals surface area contributed by atoms with Gasteiger partial charge in [-0.05, 0) is 23.9 Å². The molecule has 2 amide bonds. The van der Waals surface area contributed by atoms with Gasteiger partial charge in [0.1, 0.15) is 11.1 Å². The van der Waals surface area contributed by atoms with Crippen LogP contribution in [0.5, 0.6) is 0 Å². The Morgan fingerprint density at radius 1 is 0.964 bits per heavy atom. The third kappa shape index (κ3) is 4.75. The summed E-state index contributed by atoms with van der Waals surface area (Å²) in [7, 11) is 0. The monoisotopic (exact) mass is 395 g/mol. The van der Waals surface area contributed by atoms with E-state index in [1.165, 1.54) is 23.7 Å². The molecule has 3 rings (SSSR count). The Bertz CT molecular complexity index is 1010. The van der Waals surface area contributed by atoms with Crippen LogP contribution < -0.4 is 16.1 Å². The topological polar surface area (TPSA) is 80.2 Å². The van der Waals surface area contributed by atoms with E-state index in [9.17, 15) is 14.4 Å². The minimum atomic E-state index is -0.570. The molecule has 0 fully saturated rings. The van der Waals surface area contributed by atoms with Crippen molar-refractivity contribution in [2.24, 2.45) is 0 Å². The van der Waals surface area contributed by atoms with Crippen LogP contribution in [0.25, 0.3) is 0 Å². The van der Waals surface area contributed by atoms with Crippen LogP contribution in [0.4, 0.5) is 0 Å². The third-order valence-electron chi connectivity index (χ3n) is 4.12. The van der Waals surface area contributed by atoms with Crippen molar-refractivity contribution in [3.8, 4) is 0 Å². The van der Waals surface area contributed by atoms with E-state index in [1.54, 1.807) is 11.5 Å². The molecule has 0 saturated heterocycles. The van der Waals surface area contributed by atoms with Gasteiger partial charge in [0.15, 0.2) is 0 Å². The molecule has 2 N–H and O–H groups in total. The van der Waals surface area contributed by atoms with E-state index >= 15 is 0 Å². The van der Waals surface area contributed by atoms with E-state index in [0.29, 0.717) is 19.6 Å². The molecule has 144 valence electrons. The molecule has 1 aromatic carbocycles. The van der Waals surface area contributed by atoms with Crippen molar-refractivity contribution in [2.45, 2.75) is 20.0 Å². The van der Waals surface area contributed by atoms with Gasteiger partial charge in [0.05, 0.1) is 6.54 Å². The predicted molar refractivity (Wildman–Crippen MR) is 110 cm³/mol. The molecule has 0 aliphatic rings. The Hall–Kier alpha value is -3.19. The van der Waals surface area contributed by atoms with E-state index in [2.05, 4.69) is 10.6 Å². The summed E-state index contributed by atoms with van der Waals surface area (Å²) in [6.45, 7) is 2.95. The maximum atomic E-state index is 12.8. The van der Waals surface area contributed by atoms with E-state index in [0.717, 1.165) is 10.4 Å². The van der Waals surface area contributed by atoms with Gasteiger partial charge in [0.25, 0.3) is 11.8 Å². The van der Waals surface area contributed by atoms with E-state index in [4.69, 9.17) is 0 Å². The fourth-order valence-electron chi connectivity index (χ4n) is 2.77. The molecule has 0 bridgehead atoms. The maximum Gasteiger partial charge on any atom is 0.257 e. The number of pyridine rings is 1. The molecule has 0 aliphatic carbocycles. The molecule has 3 aromatic rings. The van der Waals surface area contributed by atoms with Crippen LogP contribution in [0.3, 0.4) is 0 Å². The van der Waals surface area contributed by atoms with Crippen molar-refractivity contribution in [1.29, 1.82) is 0 Å². The normalized spacial score (nSPS) is 10.5. The molecule has 7 heteroatoms. The summed E-state index contributed by atoms with van der Waals surface area (Å²) in [5.74, 6) is -0.978. The average molecular weight is 395 g/mol. The number of rotatable bonds is 7. The summed E-state index contributed by atoms with van der Waals surface area (Å²) in [5, 5.41) is 7.31. The first-order chi connectivity index (χ1) is 13.6. The van der Waals surface area contributed by atoms with Gasteiger partial charge in [0.2, 0.25) is 5.43 Å². The summed E-state index contributed by atoms with van der Waals surface area (Å²) >= 11 is 1.52. The highest BCUT2D eigenvalue weighted by Crippen LogP contribution is 2.09. The fourth-order valence-corrected chi connectivity index (χ4v) is 3.42. The minimum Gasteiger partial charge on any atom is -0.352 e. The number of nitrogens with one attached hydrogen (secondary N) is 2. The standard InChI is InChI=1S/C21H21N3O3S/c1-2-22-20(26)17-13-24(12-15-7-4-3-5-8-15)14-18(19(17)25)21(27)23-11-16-9-6-10-28-16/h3-10,13-14H,2,11-12H2,1H3,(H,22,26)(H,23,27). The molecule has 2 heterocycles. The number of benzene rings is 1. The molecule has 0 saturated carbocycles. The van der Waals surface area contributed by atoms with E-state index in [1.807, 2.05) is 47.8 Å². The van der Waals surface area contributed by atoms with Gasteiger partial charge in [-0.15, -0.1) is 11.3 Å². The molecule has 0 spiro atoms. The van der Waals surface area contributed by atoms with Gasteiger partial charge in [-0.1, -0.05) is 36.4 Å². The molecular weight excluding hydrogens is 374 g/mol. The first kappa shape index (κ1) is 19.6. The second kappa shape index (κ2) is 9.14. The van der Waals surface area contributed by atoms with Gasteiger partial charge in [-0.2, -0.15) is 0 Å². The van der Waals surface area contributed by atoms with Crippen LogP contribution in [-0.4, -0.2) is 22.9 Å². The number of hydrogen-bond acceptors (Lipinski definition) is 4. The molecule has 0 unspecified atom stereocenters. The Morgan fingerprint density at radius 2 is 1.64 bits per heavy atom. The van der Waals surface area contributed by atoms with Crippen LogP contribution in [-0.2, 0) is 13.1 Å². The number of thiophene rings is 1. The summed E-state index contributed by atoms with van der Waals surface area (Å²) < 4.78 is 1.70. The third-order valence-corrected chi connectivity index (χ3v) is 4.99. The van der Waals surface area contributed by atoms with Crippen molar-refractivity contribution < 1.29 is 9.59 Å². The number of carbonyl (C=O) groups excluding carboxylic acids is 2. The van der Waals surface area contributed by atoms with Gasteiger partial charge in [0, 0.05) is 30.4 Å². The highest BCUT2D eigenvalue weighted by molar-refractivity contribution is 7.09. The zero-order chi connectivity index (χ0) is 19.9. The van der Waals surface area contributed by atoms with Crippen LogP contribution in [0.1, 0.15) is 38.1 Å². The molecule has 28 heavy (non-hydrogen) atoms. The molecule has 0 aliphatic heterocycles. The van der Waals surface area contributed by atoms with Gasteiger partial charge in [-0.3, -0.25) is 14.4 Å². The van der Waals surface area contributed by atoms with Crippen LogP contribution in [0.2, 0.25) is 0 Å². The SMILES string of the molecule is CCNC(=O)c1cn(Cc2ccccc2)cc(C(=O)NCc2cccs2)c1=O. The quantitative estimate of drug-likeness (QED) is 0.645. The summed E-state index contributed by atoms with van der Waals surface area (Å²) in [5.41, 5.74) is 0.342. The molecule has 0 radical (unpaired) electrons. The zero-order valence-corrected chi connectivity index (χ0v) is 16.3. The maximum absolute atomic E-state index is 12.8. The van der Waals surface area contributed by atoms with Gasteiger partial charge in [-0.25, -0.2) is 0 Å². The second-order valence-corrected chi connectivity index (χ2v) is 7.23. The van der Waals surface area contributed by atoms with Crippen molar-refractivity contribution in [3.63, 3.8) is 0 Å². The lowest BCUT2D eigenvalue weighted by atomic mass is 10.1. The lowest BCUT2D eigenvalue weighted by molar-refractivity contribution is 0.0949. The van der Waals surface area contributed by atoms with E-state index in [-0.39, 0.29) is 11.1 Å². The number of nitrogens with zero attached hydrogens (tertiary/aromatic N) is 1. The smallest absolute Gasteiger partial charge is 0.257 e.